The summed E-state index contributed by atoms with van der Waals surface area (Å²) in [6.45, 7) is 24.6. The minimum Gasteiger partial charge on any atom is -0.412 e. The standard InChI is InChI=1S/C28H56N2O6.C23H47NO.C20H46N4.H2O/c1-2-3-4-5-6-11-14-17-21-29-25(33)19-16-13-10-8-7-9-12-15-18-22-30-28(36)27(35)26(34)24(32)20-23-31;1-3-5-7-9-10-11-12-13-14-15-16-17-19-21-23(25)24-22-20-18-8-6-4-2;1-4-6-12-21-14-8-10-16-23-18-20(3)19-24-17-11-9-15-22-13-7-5-2;/h24,26-27,31-32,34-35H,2-23H2,1H3,(H,29,33)(H,30,36);3-22H2,1-2H3,(H,24,25);20-24H,4-19H2,1-3H3;1H2/t24-,26+,27-;;;/m1.../s1. The van der Waals surface area contributed by atoms with E-state index in [1.54, 1.807) is 0 Å². The number of aliphatic hydroxyl groups excluding tert-OH is 4. The highest BCUT2D eigenvalue weighted by atomic mass is 16.4. The lowest BCUT2D eigenvalue weighted by molar-refractivity contribution is -0.141. The highest BCUT2D eigenvalue weighted by molar-refractivity contribution is 5.81. The smallest absolute Gasteiger partial charge is 0.251 e. The normalized spacial score (nSPS) is 12.2. The molecule has 3 amide bonds. The Morgan fingerprint density at radius 3 is 0.895 bits per heavy atom. The first-order valence-corrected chi connectivity index (χ1v) is 36.8. The molecule has 0 bridgehead atoms. The zero-order chi connectivity index (χ0) is 63.0. The first kappa shape index (κ1) is 90.5. The van der Waals surface area contributed by atoms with Crippen molar-refractivity contribution < 1.29 is 40.3 Å². The quantitative estimate of drug-likeness (QED) is 0.0256. The van der Waals surface area contributed by atoms with Crippen molar-refractivity contribution in [3.8, 4) is 0 Å². The molecule has 0 fully saturated rings. The molecular weight excluding hydrogens is 1080 g/mol. The van der Waals surface area contributed by atoms with Crippen molar-refractivity contribution in [2.75, 3.05) is 78.6 Å². The summed E-state index contributed by atoms with van der Waals surface area (Å²) in [5, 5.41) is 60.6. The Morgan fingerprint density at radius 2 is 0.581 bits per heavy atom. The molecule has 0 aliphatic carbocycles. The number of rotatable bonds is 66. The van der Waals surface area contributed by atoms with E-state index >= 15 is 0 Å². The number of aliphatic hydroxyl groups is 4. The fourth-order valence-electron chi connectivity index (χ4n) is 10.2. The van der Waals surface area contributed by atoms with Crippen molar-refractivity contribution in [3.05, 3.63) is 0 Å². The molecule has 518 valence electrons. The lowest BCUT2D eigenvalue weighted by Gasteiger charge is -2.21. The van der Waals surface area contributed by atoms with Crippen LogP contribution >= 0.6 is 0 Å². The Kier molecular flexibility index (Phi) is 83.3. The SMILES string of the molecule is CCCCCCCCCCCCCCCC(=O)NCCCCCCC.CCCCCCCCCCNC(=O)CCCCCCCCCCCNC(=O)[C@H](O)[C@@H](O)[C@H](O)CCO.CCCCNCCCCNCC(C)CNCCCCNCCCC.O. The maximum absolute atomic E-state index is 11.9. The second-order valence-electron chi connectivity index (χ2n) is 25.0. The highest BCUT2D eigenvalue weighted by Crippen LogP contribution is 2.15. The number of amides is 3. The van der Waals surface area contributed by atoms with Gasteiger partial charge < -0.3 is 63.1 Å². The Balaban J connectivity index is -0.000000600. The van der Waals surface area contributed by atoms with Gasteiger partial charge in [-0.2, -0.15) is 0 Å². The van der Waals surface area contributed by atoms with Gasteiger partial charge in [0.15, 0.2) is 6.10 Å². The first-order valence-electron chi connectivity index (χ1n) is 36.8. The molecule has 0 aliphatic heterocycles. The topological polar surface area (TPSA) is 248 Å². The molecule has 0 unspecified atom stereocenters. The van der Waals surface area contributed by atoms with Crippen molar-refractivity contribution >= 4 is 17.7 Å². The number of carbonyl (C=O) groups excluding carboxylic acids is 3. The summed E-state index contributed by atoms with van der Waals surface area (Å²) >= 11 is 0. The van der Waals surface area contributed by atoms with E-state index in [1.165, 1.54) is 238 Å². The number of hydrogen-bond donors (Lipinski definition) is 11. The van der Waals surface area contributed by atoms with Gasteiger partial charge in [0.1, 0.15) is 6.10 Å². The largest absolute Gasteiger partial charge is 0.412 e. The van der Waals surface area contributed by atoms with Crippen LogP contribution in [0.4, 0.5) is 0 Å². The van der Waals surface area contributed by atoms with E-state index < -0.39 is 24.2 Å². The molecular formula is C71H151N7O8. The van der Waals surface area contributed by atoms with Crippen LogP contribution in [0.5, 0.6) is 0 Å². The van der Waals surface area contributed by atoms with E-state index in [2.05, 4.69) is 78.8 Å². The van der Waals surface area contributed by atoms with Crippen LogP contribution in [0.3, 0.4) is 0 Å². The summed E-state index contributed by atoms with van der Waals surface area (Å²) in [5.41, 5.74) is 0. The molecule has 0 spiro atoms. The number of unbranched alkanes of at least 4 members (excludes halogenated alkanes) is 35. The highest BCUT2D eigenvalue weighted by Gasteiger charge is 2.29. The maximum atomic E-state index is 11.9. The molecule has 0 saturated carbocycles. The van der Waals surface area contributed by atoms with Gasteiger partial charge in [-0.15, -0.1) is 0 Å². The summed E-state index contributed by atoms with van der Waals surface area (Å²) in [7, 11) is 0. The van der Waals surface area contributed by atoms with Crippen molar-refractivity contribution in [1.29, 1.82) is 0 Å². The van der Waals surface area contributed by atoms with Crippen LogP contribution in [0.25, 0.3) is 0 Å². The third kappa shape index (κ3) is 76.3. The van der Waals surface area contributed by atoms with Crippen LogP contribution in [0.15, 0.2) is 0 Å². The zero-order valence-electron chi connectivity index (χ0n) is 57.8. The molecule has 0 radical (unpaired) electrons. The summed E-state index contributed by atoms with van der Waals surface area (Å²) < 4.78 is 0. The molecule has 3 atom stereocenters. The maximum Gasteiger partial charge on any atom is 0.251 e. The van der Waals surface area contributed by atoms with Crippen LogP contribution in [-0.4, -0.2) is 141 Å². The van der Waals surface area contributed by atoms with Crippen LogP contribution < -0.4 is 37.2 Å². The van der Waals surface area contributed by atoms with Gasteiger partial charge in [0.2, 0.25) is 11.8 Å². The van der Waals surface area contributed by atoms with E-state index in [9.17, 15) is 29.7 Å². The number of hydrogen-bond acceptors (Lipinski definition) is 11. The van der Waals surface area contributed by atoms with Crippen LogP contribution in [0.1, 0.15) is 337 Å². The second kappa shape index (κ2) is 79.1. The lowest BCUT2D eigenvalue weighted by Crippen LogP contribution is -2.47. The minimum atomic E-state index is -1.70. The van der Waals surface area contributed by atoms with Gasteiger partial charge in [0.25, 0.3) is 5.91 Å². The second-order valence-corrected chi connectivity index (χ2v) is 25.0. The molecule has 13 N–H and O–H groups in total. The minimum absolute atomic E-state index is 0. The van der Waals surface area contributed by atoms with E-state index in [1.807, 2.05) is 0 Å². The summed E-state index contributed by atoms with van der Waals surface area (Å²) in [5.74, 6) is 0.462. The fraction of sp³-hybridized carbons (Fsp3) is 0.958. The Labute approximate surface area is 532 Å². The molecule has 0 aromatic carbocycles. The lowest BCUT2D eigenvalue weighted by atomic mass is 10.0. The van der Waals surface area contributed by atoms with E-state index in [0.29, 0.717) is 13.0 Å². The van der Waals surface area contributed by atoms with Crippen molar-refractivity contribution in [1.82, 2.24) is 37.2 Å². The summed E-state index contributed by atoms with van der Waals surface area (Å²) in [6.07, 6.45) is 50.7. The predicted octanol–water partition coefficient (Wildman–Crippen LogP) is 13.6. The first-order chi connectivity index (χ1) is 41.6. The molecule has 0 saturated heterocycles. The van der Waals surface area contributed by atoms with Crippen molar-refractivity contribution in [3.63, 3.8) is 0 Å². The average molecular weight is 1230 g/mol. The van der Waals surface area contributed by atoms with Crippen LogP contribution in [-0.2, 0) is 14.4 Å². The van der Waals surface area contributed by atoms with E-state index in [4.69, 9.17) is 5.11 Å². The predicted molar refractivity (Wildman–Crippen MR) is 369 cm³/mol. The van der Waals surface area contributed by atoms with Crippen molar-refractivity contribution in [2.24, 2.45) is 5.92 Å². The Bertz CT molecular complexity index is 1290. The molecule has 15 heteroatoms. The van der Waals surface area contributed by atoms with E-state index in [0.717, 1.165) is 116 Å². The van der Waals surface area contributed by atoms with Gasteiger partial charge in [0.05, 0.1) is 6.10 Å². The molecule has 86 heavy (non-hydrogen) atoms. The van der Waals surface area contributed by atoms with Gasteiger partial charge in [-0.3, -0.25) is 14.4 Å². The summed E-state index contributed by atoms with van der Waals surface area (Å²) in [6, 6.07) is 0. The van der Waals surface area contributed by atoms with Gasteiger partial charge in [-0.1, -0.05) is 247 Å². The monoisotopic (exact) mass is 1230 g/mol. The molecule has 15 nitrogen and oxygen atoms in total. The van der Waals surface area contributed by atoms with Gasteiger partial charge >= 0.3 is 0 Å². The van der Waals surface area contributed by atoms with Gasteiger partial charge in [-0.05, 0) is 135 Å². The molecule has 0 aromatic rings. The molecule has 0 aromatic heterocycles. The number of carbonyl (C=O) groups is 3. The molecule has 0 heterocycles. The van der Waals surface area contributed by atoms with Gasteiger partial charge in [0, 0.05) is 39.1 Å². The van der Waals surface area contributed by atoms with Crippen LogP contribution in [0.2, 0.25) is 0 Å². The summed E-state index contributed by atoms with van der Waals surface area (Å²) in [4.78, 5) is 35.4. The fourth-order valence-corrected chi connectivity index (χ4v) is 10.2. The third-order valence-electron chi connectivity index (χ3n) is 16.1. The zero-order valence-corrected chi connectivity index (χ0v) is 57.8. The molecule has 0 rings (SSSR count). The third-order valence-corrected chi connectivity index (χ3v) is 16.1. The Hall–Kier alpha value is -1.95. The number of nitrogens with one attached hydrogen (secondary N) is 7. The van der Waals surface area contributed by atoms with Crippen LogP contribution in [0, 0.1) is 5.92 Å². The Morgan fingerprint density at radius 1 is 0.326 bits per heavy atom. The molecule has 0 aliphatic rings. The average Bonchev–Trinajstić information content (AvgIpc) is 3.66. The van der Waals surface area contributed by atoms with Crippen molar-refractivity contribution in [2.45, 2.75) is 355 Å². The van der Waals surface area contributed by atoms with Gasteiger partial charge in [-0.25, -0.2) is 0 Å². The van der Waals surface area contributed by atoms with E-state index in [-0.39, 0.29) is 30.3 Å².